The number of phenolic OH excluding ortho intramolecular Hbond substituents is 2. The first-order chi connectivity index (χ1) is 18.4. The summed E-state index contributed by atoms with van der Waals surface area (Å²) in [6.45, 7) is 4.52. The van der Waals surface area contributed by atoms with Crippen LogP contribution < -0.4 is 0 Å². The molecule has 2 amide bonds. The molecule has 0 bridgehead atoms. The molecule has 216 valence electrons. The second kappa shape index (κ2) is 16.8. The van der Waals surface area contributed by atoms with Crippen LogP contribution in [-0.2, 0) is 22.5 Å². The number of fused-ring (bicyclic) bond motifs is 1. The third-order valence-electron chi connectivity index (χ3n) is 7.31. The Kier molecular flexibility index (Phi) is 13.9. The Morgan fingerprint density at radius 1 is 0.923 bits per heavy atom. The Morgan fingerprint density at radius 3 is 2.31 bits per heavy atom. The molecule has 39 heavy (non-hydrogen) atoms. The number of carbonyl (C=O) groups is 2. The van der Waals surface area contributed by atoms with Gasteiger partial charge in [0.2, 0.25) is 5.91 Å². The van der Waals surface area contributed by atoms with Crippen molar-refractivity contribution >= 4 is 11.8 Å². The van der Waals surface area contributed by atoms with Crippen LogP contribution in [0, 0.1) is 0 Å². The van der Waals surface area contributed by atoms with Crippen LogP contribution in [0.15, 0.2) is 42.5 Å². The Morgan fingerprint density at radius 2 is 1.59 bits per heavy atom. The lowest BCUT2D eigenvalue weighted by molar-refractivity contribution is -0.130. The van der Waals surface area contributed by atoms with Gasteiger partial charge in [-0.3, -0.25) is 9.59 Å². The molecular weight excluding hydrogens is 492 g/mol. The molecule has 0 spiro atoms. The lowest BCUT2D eigenvalue weighted by Crippen LogP contribution is -2.46. The summed E-state index contributed by atoms with van der Waals surface area (Å²) >= 11 is 0. The number of benzene rings is 2. The van der Waals surface area contributed by atoms with Crippen molar-refractivity contribution in [1.29, 1.82) is 0 Å². The quantitative estimate of drug-likeness (QED) is 0.259. The highest BCUT2D eigenvalue weighted by molar-refractivity contribution is 5.94. The van der Waals surface area contributed by atoms with Gasteiger partial charge in [-0.05, 0) is 73.2 Å². The SMILES string of the molecule is C.CCCCN(C)C(=O)CCCCCCCCOCC1Cc2ccc(O)cc2CN1C(=O)c1ccc(O)cc1. The molecule has 2 N–H and O–H groups in total. The molecule has 0 fully saturated rings. The van der Waals surface area contributed by atoms with Gasteiger partial charge < -0.3 is 24.7 Å². The number of hydrogen-bond donors (Lipinski definition) is 2. The van der Waals surface area contributed by atoms with Crippen molar-refractivity contribution in [2.45, 2.75) is 91.1 Å². The molecule has 1 atom stereocenters. The highest BCUT2D eigenvalue weighted by Gasteiger charge is 2.30. The summed E-state index contributed by atoms with van der Waals surface area (Å²) in [5.41, 5.74) is 2.59. The second-order valence-corrected chi connectivity index (χ2v) is 10.4. The van der Waals surface area contributed by atoms with Crippen LogP contribution >= 0.6 is 0 Å². The van der Waals surface area contributed by atoms with Gasteiger partial charge in [-0.1, -0.05) is 52.5 Å². The summed E-state index contributed by atoms with van der Waals surface area (Å²) in [4.78, 5) is 29.1. The summed E-state index contributed by atoms with van der Waals surface area (Å²) < 4.78 is 6.03. The van der Waals surface area contributed by atoms with Gasteiger partial charge in [0.25, 0.3) is 5.91 Å². The lowest BCUT2D eigenvalue weighted by Gasteiger charge is -2.37. The van der Waals surface area contributed by atoms with Gasteiger partial charge in [0.1, 0.15) is 11.5 Å². The second-order valence-electron chi connectivity index (χ2n) is 10.4. The fraction of sp³-hybridized carbons (Fsp3) is 0.562. The first kappa shape index (κ1) is 32.2. The Hall–Kier alpha value is -3.06. The highest BCUT2D eigenvalue weighted by atomic mass is 16.5. The number of hydrogen-bond acceptors (Lipinski definition) is 5. The minimum Gasteiger partial charge on any atom is -0.508 e. The summed E-state index contributed by atoms with van der Waals surface area (Å²) in [5.74, 6) is 0.467. The van der Waals surface area contributed by atoms with Crippen LogP contribution in [0.4, 0.5) is 0 Å². The third-order valence-corrected chi connectivity index (χ3v) is 7.31. The van der Waals surface area contributed by atoms with Crippen LogP contribution in [0.2, 0.25) is 0 Å². The molecule has 3 rings (SSSR count). The topological polar surface area (TPSA) is 90.3 Å². The van der Waals surface area contributed by atoms with Crippen LogP contribution in [0.1, 0.15) is 93.6 Å². The predicted molar refractivity (Wildman–Crippen MR) is 156 cm³/mol. The molecule has 0 radical (unpaired) electrons. The Bertz CT molecular complexity index is 1020. The average Bonchev–Trinajstić information content (AvgIpc) is 2.92. The number of phenols is 2. The molecule has 7 nitrogen and oxygen atoms in total. The zero-order valence-electron chi connectivity index (χ0n) is 23.0. The summed E-state index contributed by atoms with van der Waals surface area (Å²) in [6.07, 6.45) is 9.86. The van der Waals surface area contributed by atoms with E-state index in [1.165, 1.54) is 12.1 Å². The minimum atomic E-state index is -0.109. The molecule has 1 unspecified atom stereocenters. The van der Waals surface area contributed by atoms with Crippen LogP contribution in [0.5, 0.6) is 11.5 Å². The van der Waals surface area contributed by atoms with Crippen molar-refractivity contribution in [3.63, 3.8) is 0 Å². The maximum absolute atomic E-state index is 13.3. The van der Waals surface area contributed by atoms with Crippen LogP contribution in [0.25, 0.3) is 0 Å². The Labute approximate surface area is 234 Å². The van der Waals surface area contributed by atoms with E-state index in [4.69, 9.17) is 4.74 Å². The standard InChI is InChI=1S/C31H44N2O5.CH4/c1-3-4-18-32(2)30(36)11-9-7-5-6-8-10-19-38-23-27-20-25-14-17-29(35)21-26(25)22-33(27)31(37)24-12-15-28(34)16-13-24;/h12-17,21,27,34-35H,3-11,18-20,22-23H2,1-2H3;1H4. The first-order valence-corrected chi connectivity index (χ1v) is 14.1. The van der Waals surface area contributed by atoms with Crippen molar-refractivity contribution in [3.05, 3.63) is 59.2 Å². The Balaban J connectivity index is 0.00000533. The maximum atomic E-state index is 13.3. The van der Waals surface area contributed by atoms with Gasteiger partial charge in [-0.25, -0.2) is 0 Å². The van der Waals surface area contributed by atoms with E-state index in [0.29, 0.717) is 38.2 Å². The van der Waals surface area contributed by atoms with Crippen molar-refractivity contribution in [2.24, 2.45) is 0 Å². The van der Waals surface area contributed by atoms with Gasteiger partial charge >= 0.3 is 0 Å². The van der Waals surface area contributed by atoms with E-state index >= 15 is 0 Å². The van der Waals surface area contributed by atoms with E-state index in [0.717, 1.165) is 69.0 Å². The zero-order chi connectivity index (χ0) is 27.3. The molecule has 0 saturated carbocycles. The molecule has 0 saturated heterocycles. The van der Waals surface area contributed by atoms with E-state index in [1.807, 2.05) is 22.9 Å². The van der Waals surface area contributed by atoms with Crippen molar-refractivity contribution in [1.82, 2.24) is 9.80 Å². The maximum Gasteiger partial charge on any atom is 0.254 e. The number of ether oxygens (including phenoxy) is 1. The van der Waals surface area contributed by atoms with E-state index in [9.17, 15) is 19.8 Å². The summed E-state index contributed by atoms with van der Waals surface area (Å²) in [7, 11) is 1.90. The van der Waals surface area contributed by atoms with Crippen molar-refractivity contribution in [2.75, 3.05) is 26.8 Å². The van der Waals surface area contributed by atoms with Crippen LogP contribution in [0.3, 0.4) is 0 Å². The normalized spacial score (nSPS) is 14.4. The lowest BCUT2D eigenvalue weighted by atomic mass is 9.93. The van der Waals surface area contributed by atoms with Crippen molar-refractivity contribution in [3.8, 4) is 11.5 Å². The van der Waals surface area contributed by atoms with Crippen LogP contribution in [-0.4, -0.2) is 64.7 Å². The van der Waals surface area contributed by atoms with Gasteiger partial charge in [-0.15, -0.1) is 0 Å². The monoisotopic (exact) mass is 540 g/mol. The summed E-state index contributed by atoms with van der Waals surface area (Å²) in [5, 5.41) is 19.5. The largest absolute Gasteiger partial charge is 0.508 e. The zero-order valence-corrected chi connectivity index (χ0v) is 23.0. The van der Waals surface area contributed by atoms with Gasteiger partial charge in [0.05, 0.1) is 12.6 Å². The number of unbranched alkanes of at least 4 members (excludes halogenated alkanes) is 6. The number of amides is 2. The molecule has 0 aromatic heterocycles. The number of aromatic hydroxyl groups is 2. The predicted octanol–water partition coefficient (Wildman–Crippen LogP) is 6.31. The van der Waals surface area contributed by atoms with Gasteiger partial charge in [-0.2, -0.15) is 0 Å². The molecule has 0 aliphatic carbocycles. The molecule has 7 heteroatoms. The van der Waals surface area contributed by atoms with Gasteiger partial charge in [0, 0.05) is 38.7 Å². The summed E-state index contributed by atoms with van der Waals surface area (Å²) in [6, 6.07) is 11.6. The average molecular weight is 541 g/mol. The third kappa shape index (κ3) is 10.2. The highest BCUT2D eigenvalue weighted by Crippen LogP contribution is 2.28. The van der Waals surface area contributed by atoms with E-state index < -0.39 is 0 Å². The molecule has 1 aliphatic heterocycles. The molecule has 1 heterocycles. The van der Waals surface area contributed by atoms with Crippen molar-refractivity contribution < 1.29 is 24.5 Å². The molecule has 1 aliphatic rings. The van der Waals surface area contributed by atoms with Gasteiger partial charge in [0.15, 0.2) is 0 Å². The van der Waals surface area contributed by atoms with E-state index in [-0.39, 0.29) is 36.8 Å². The number of nitrogens with zero attached hydrogens (tertiary/aromatic N) is 2. The minimum absolute atomic E-state index is 0. The molecular formula is C32H48N2O5. The van der Waals surface area contributed by atoms with E-state index in [2.05, 4.69) is 6.92 Å². The molecule has 2 aromatic rings. The molecule has 2 aromatic carbocycles. The fourth-order valence-electron chi connectivity index (χ4n) is 4.91. The van der Waals surface area contributed by atoms with E-state index in [1.54, 1.807) is 24.3 Å². The first-order valence-electron chi connectivity index (χ1n) is 14.1. The number of rotatable bonds is 15. The number of carbonyl (C=O) groups excluding carboxylic acids is 2. The smallest absolute Gasteiger partial charge is 0.254 e. The fourth-order valence-corrected chi connectivity index (χ4v) is 4.91.